The molecule has 1 saturated heterocycles. The first-order valence-electron chi connectivity index (χ1n) is 16.0. The van der Waals surface area contributed by atoms with E-state index in [1.54, 1.807) is 47.4 Å². The second kappa shape index (κ2) is 15.6. The van der Waals surface area contributed by atoms with Crippen molar-refractivity contribution in [2.75, 3.05) is 44.0 Å². The number of ether oxygens (including phenoxy) is 2. The number of hydrogen-bond donors (Lipinski definition) is 4. The minimum Gasteiger partial charge on any atom is -0.453 e. The largest absolute Gasteiger partial charge is 0.453 e. The molecule has 17 heteroatoms. The van der Waals surface area contributed by atoms with Gasteiger partial charge in [0.15, 0.2) is 0 Å². The number of hydrogen-bond acceptors (Lipinski definition) is 11. The molecule has 4 aromatic rings. The second-order valence-corrected chi connectivity index (χ2v) is 12.0. The molecule has 0 unspecified atom stereocenters. The van der Waals surface area contributed by atoms with Crippen LogP contribution in [0.4, 0.5) is 16.2 Å². The van der Waals surface area contributed by atoms with Crippen LogP contribution in [0.5, 0.6) is 0 Å². The molecule has 16 nitrogen and oxygen atoms in total. The number of amides is 3. The van der Waals surface area contributed by atoms with Gasteiger partial charge in [-0.25, -0.2) is 9.78 Å². The van der Waals surface area contributed by atoms with Crippen molar-refractivity contribution in [2.45, 2.75) is 37.8 Å². The Kier molecular flexibility index (Phi) is 10.6. The quantitative estimate of drug-likeness (QED) is 0.213. The first-order chi connectivity index (χ1) is 24.3. The number of benzene rings is 2. The van der Waals surface area contributed by atoms with Gasteiger partial charge in [0.05, 0.1) is 32.1 Å². The van der Waals surface area contributed by atoms with E-state index in [2.05, 4.69) is 42.5 Å². The van der Waals surface area contributed by atoms with E-state index in [0.29, 0.717) is 96.7 Å². The summed E-state index contributed by atoms with van der Waals surface area (Å²) in [5.41, 5.74) is 3.18. The summed E-state index contributed by atoms with van der Waals surface area (Å²) >= 11 is 6.25. The highest BCUT2D eigenvalue weighted by atomic mass is 35.5. The number of nitrogens with zero attached hydrogens (tertiary/aromatic N) is 7. The standard InChI is InChI=1S/C33H34ClN11O5/c1-49-33(48)37-22-8-9-23-26(17-22)38-25(32(47)44-12-14-50-15-13-44)5-3-2-4-24(31-40-27(18-35)30(23)41-31)39-29(46)11-6-20-16-21(34)7-10-28(20)45-19-36-42-43-45/h6-11,16-17,19,24-25,38H,2-5,12-15H2,1H3,(H,37,48)(H,39,46)(H,40,41)/b11-6+/t24-,25+/m0/s1. The third-order valence-corrected chi connectivity index (χ3v) is 8.61. The summed E-state index contributed by atoms with van der Waals surface area (Å²) in [6.45, 7) is 1.86. The van der Waals surface area contributed by atoms with Gasteiger partial charge >= 0.3 is 6.09 Å². The molecule has 0 spiro atoms. The molecule has 1 fully saturated rings. The number of morpholine rings is 1. The SMILES string of the molecule is COC(=O)Nc1ccc2c(c1)N[C@@H](C(=O)N1CCOCC1)CCCC[C@H](NC(=O)/C=C/c1cc(Cl)ccc1-n1cnnn1)c1nc-2c(C#N)[nH]1. The van der Waals surface area contributed by atoms with Gasteiger partial charge in [0.2, 0.25) is 11.8 Å². The van der Waals surface area contributed by atoms with Gasteiger partial charge in [-0.05, 0) is 65.7 Å². The molecular formula is C33H34ClN11O5. The molecule has 2 aliphatic rings. The molecular weight excluding hydrogens is 666 g/mol. The average molecular weight is 700 g/mol. The number of fused-ring (bicyclic) bond motifs is 4. The summed E-state index contributed by atoms with van der Waals surface area (Å²) in [7, 11) is 1.26. The van der Waals surface area contributed by atoms with E-state index >= 15 is 0 Å². The Morgan fingerprint density at radius 3 is 2.72 bits per heavy atom. The summed E-state index contributed by atoms with van der Waals surface area (Å²) in [5.74, 6) is -0.0790. The van der Waals surface area contributed by atoms with Crippen LogP contribution in [0.2, 0.25) is 5.02 Å². The van der Waals surface area contributed by atoms with Crippen molar-refractivity contribution < 1.29 is 23.9 Å². The number of nitrogens with one attached hydrogen (secondary N) is 4. The maximum atomic E-state index is 13.8. The van der Waals surface area contributed by atoms with Crippen molar-refractivity contribution in [3.8, 4) is 23.0 Å². The van der Waals surface area contributed by atoms with Crippen molar-refractivity contribution in [1.82, 2.24) is 40.4 Å². The summed E-state index contributed by atoms with van der Waals surface area (Å²) in [5, 5.41) is 31.0. The highest BCUT2D eigenvalue weighted by Crippen LogP contribution is 2.35. The number of tetrazole rings is 1. The van der Waals surface area contributed by atoms with Gasteiger partial charge in [0.25, 0.3) is 0 Å². The van der Waals surface area contributed by atoms with Crippen molar-refractivity contribution in [3.05, 3.63) is 70.9 Å². The monoisotopic (exact) mass is 699 g/mol. The van der Waals surface area contributed by atoms with E-state index < -0.39 is 24.1 Å². The first-order valence-corrected chi connectivity index (χ1v) is 16.3. The number of carbonyl (C=O) groups excluding carboxylic acids is 3. The van der Waals surface area contributed by atoms with Crippen molar-refractivity contribution >= 4 is 47.0 Å². The maximum Gasteiger partial charge on any atom is 0.411 e. The van der Waals surface area contributed by atoms with Crippen LogP contribution in [0.3, 0.4) is 0 Å². The van der Waals surface area contributed by atoms with Crippen molar-refractivity contribution in [1.29, 1.82) is 5.26 Å². The topological polar surface area (TPSA) is 205 Å². The zero-order valence-corrected chi connectivity index (χ0v) is 27.8. The molecule has 2 aromatic carbocycles. The van der Waals surface area contributed by atoms with E-state index in [-0.39, 0.29) is 11.6 Å². The molecule has 3 amide bonds. The van der Waals surface area contributed by atoms with Crippen LogP contribution in [0.1, 0.15) is 48.8 Å². The van der Waals surface area contributed by atoms with E-state index in [1.807, 2.05) is 0 Å². The molecule has 4 N–H and O–H groups in total. The lowest BCUT2D eigenvalue weighted by molar-refractivity contribution is -0.136. The molecule has 6 rings (SSSR count). The van der Waals surface area contributed by atoms with Crippen LogP contribution in [0, 0.1) is 11.3 Å². The molecule has 2 aliphatic heterocycles. The Hall–Kier alpha value is -5.79. The molecule has 0 radical (unpaired) electrons. The predicted octanol–water partition coefficient (Wildman–Crippen LogP) is 3.84. The summed E-state index contributed by atoms with van der Waals surface area (Å²) in [6.07, 6.45) is 6.03. The van der Waals surface area contributed by atoms with Gasteiger partial charge < -0.3 is 30.0 Å². The number of nitriles is 1. The average Bonchev–Trinajstić information content (AvgIpc) is 3.82. The lowest BCUT2D eigenvalue weighted by Gasteiger charge is -2.31. The Morgan fingerprint density at radius 1 is 1.14 bits per heavy atom. The first kappa shape index (κ1) is 34.1. The van der Waals surface area contributed by atoms with Gasteiger partial charge in [0, 0.05) is 46.7 Å². The summed E-state index contributed by atoms with van der Waals surface area (Å²) in [4.78, 5) is 48.9. The Labute approximate surface area is 291 Å². The van der Waals surface area contributed by atoms with Crippen LogP contribution in [0.15, 0.2) is 48.8 Å². The zero-order valence-electron chi connectivity index (χ0n) is 27.1. The Bertz CT molecular complexity index is 1930. The number of H-pyrrole nitrogens is 1. The zero-order chi connectivity index (χ0) is 35.0. The highest BCUT2D eigenvalue weighted by Gasteiger charge is 2.29. The summed E-state index contributed by atoms with van der Waals surface area (Å²) < 4.78 is 11.7. The minimum atomic E-state index is -0.659. The fourth-order valence-electron chi connectivity index (χ4n) is 5.90. The van der Waals surface area contributed by atoms with Crippen LogP contribution in [0.25, 0.3) is 23.0 Å². The van der Waals surface area contributed by atoms with Crippen LogP contribution in [-0.2, 0) is 19.1 Å². The van der Waals surface area contributed by atoms with Crippen molar-refractivity contribution in [3.63, 3.8) is 0 Å². The maximum absolute atomic E-state index is 13.8. The summed E-state index contributed by atoms with van der Waals surface area (Å²) in [6, 6.07) is 11.2. The van der Waals surface area contributed by atoms with Gasteiger partial charge in [-0.3, -0.25) is 14.9 Å². The molecule has 2 atom stereocenters. The van der Waals surface area contributed by atoms with Gasteiger partial charge in [-0.2, -0.15) is 9.94 Å². The molecule has 4 heterocycles. The number of carbonyl (C=O) groups is 3. The van der Waals surface area contributed by atoms with E-state index in [1.165, 1.54) is 24.2 Å². The van der Waals surface area contributed by atoms with Gasteiger partial charge in [-0.15, -0.1) is 5.10 Å². The molecule has 258 valence electrons. The van der Waals surface area contributed by atoms with Crippen LogP contribution < -0.4 is 16.0 Å². The molecule has 50 heavy (non-hydrogen) atoms. The Morgan fingerprint density at radius 2 is 1.96 bits per heavy atom. The number of methoxy groups -OCH3 is 1. The van der Waals surface area contributed by atoms with E-state index in [4.69, 9.17) is 26.1 Å². The third kappa shape index (κ3) is 7.91. The number of aromatic nitrogens is 6. The smallest absolute Gasteiger partial charge is 0.411 e. The van der Waals surface area contributed by atoms with Gasteiger partial charge in [-0.1, -0.05) is 24.4 Å². The number of halogens is 1. The predicted molar refractivity (Wildman–Crippen MR) is 182 cm³/mol. The fraction of sp³-hybridized carbons (Fsp3) is 0.333. The van der Waals surface area contributed by atoms with Gasteiger partial charge in [0.1, 0.15) is 35.7 Å². The number of imidazole rings is 1. The van der Waals surface area contributed by atoms with Crippen LogP contribution in [-0.4, -0.2) is 92.4 Å². The van der Waals surface area contributed by atoms with E-state index in [0.717, 1.165) is 0 Å². The lowest BCUT2D eigenvalue weighted by Crippen LogP contribution is -2.48. The lowest BCUT2D eigenvalue weighted by atomic mass is 10.0. The minimum absolute atomic E-state index is 0.0806. The molecule has 2 aromatic heterocycles. The third-order valence-electron chi connectivity index (χ3n) is 8.37. The molecule has 0 aliphatic carbocycles. The molecule has 2 bridgehead atoms. The van der Waals surface area contributed by atoms with Crippen molar-refractivity contribution in [2.24, 2.45) is 0 Å². The second-order valence-electron chi connectivity index (χ2n) is 11.6. The fourth-order valence-corrected chi connectivity index (χ4v) is 6.08. The number of aromatic amines is 1. The highest BCUT2D eigenvalue weighted by molar-refractivity contribution is 6.30. The van der Waals surface area contributed by atoms with E-state index in [9.17, 15) is 19.6 Å². The number of anilines is 2. The van der Waals surface area contributed by atoms with Crippen LogP contribution >= 0.6 is 11.6 Å². The molecule has 0 saturated carbocycles. The number of rotatable bonds is 6. The Balaban J connectivity index is 1.32. The normalized spacial score (nSPS) is 17.7.